The number of carbonyl (C=O) groups excluding carboxylic acids is 1. The molecule has 0 saturated carbocycles. The van der Waals surface area contributed by atoms with Crippen LogP contribution in [0.2, 0.25) is 0 Å². The molecule has 0 heterocycles. The number of benzene rings is 2. The van der Waals surface area contributed by atoms with E-state index >= 15 is 0 Å². The molecule has 0 saturated heterocycles. The van der Waals surface area contributed by atoms with Gasteiger partial charge in [-0.25, -0.2) is 0 Å². The van der Waals surface area contributed by atoms with Crippen LogP contribution in [-0.2, 0) is 11.3 Å². The number of likely N-dealkylation sites (N-methyl/N-ethyl adjacent to an activating group) is 1. The number of anilines is 1. The van der Waals surface area contributed by atoms with Gasteiger partial charge in [-0.05, 0) is 41.2 Å². The summed E-state index contributed by atoms with van der Waals surface area (Å²) in [4.78, 5) is 13.9. The third-order valence-corrected chi connectivity index (χ3v) is 5.05. The molecule has 0 aromatic heterocycles. The number of ether oxygens (including phenoxy) is 2. The van der Waals surface area contributed by atoms with Gasteiger partial charge in [-0.3, -0.25) is 4.79 Å². The first-order valence-corrected chi connectivity index (χ1v) is 10.2. The van der Waals surface area contributed by atoms with Crippen molar-refractivity contribution in [1.82, 2.24) is 0 Å². The second kappa shape index (κ2) is 10.3. The summed E-state index contributed by atoms with van der Waals surface area (Å²) >= 11 is 0. The molecule has 1 unspecified atom stereocenters. The van der Waals surface area contributed by atoms with E-state index in [2.05, 4.69) is 51.2 Å². The summed E-state index contributed by atoms with van der Waals surface area (Å²) in [5.41, 5.74) is 4.43. The van der Waals surface area contributed by atoms with Crippen molar-refractivity contribution in [2.75, 3.05) is 33.1 Å². The van der Waals surface area contributed by atoms with Crippen LogP contribution in [0.3, 0.4) is 0 Å². The molecular weight excluding hydrogens is 364 g/mol. The van der Waals surface area contributed by atoms with E-state index in [-0.39, 0.29) is 5.91 Å². The highest BCUT2D eigenvalue weighted by atomic mass is 16.5. The van der Waals surface area contributed by atoms with Gasteiger partial charge in [-0.15, -0.1) is 0 Å². The number of nitrogens with one attached hydrogen (secondary N) is 2. The minimum atomic E-state index is 0.0259. The highest BCUT2D eigenvalue weighted by Gasteiger charge is 2.18. The van der Waals surface area contributed by atoms with Crippen molar-refractivity contribution in [2.45, 2.75) is 46.1 Å². The molecule has 2 rings (SSSR count). The molecule has 0 aliphatic heterocycles. The molecule has 0 bridgehead atoms. The minimum absolute atomic E-state index is 0.0259. The fourth-order valence-electron chi connectivity index (χ4n) is 3.55. The van der Waals surface area contributed by atoms with E-state index in [0.717, 1.165) is 22.7 Å². The summed E-state index contributed by atoms with van der Waals surface area (Å²) in [6, 6.07) is 12.2. The Kier molecular flexibility index (Phi) is 8.09. The number of carbonyl (C=O) groups is 1. The van der Waals surface area contributed by atoms with Gasteiger partial charge in [0, 0.05) is 11.3 Å². The average Bonchev–Trinajstić information content (AvgIpc) is 2.67. The van der Waals surface area contributed by atoms with Crippen LogP contribution in [0.15, 0.2) is 36.4 Å². The highest BCUT2D eigenvalue weighted by molar-refractivity contribution is 5.93. The van der Waals surface area contributed by atoms with E-state index < -0.39 is 0 Å². The molecule has 2 N–H and O–H groups in total. The second-order valence-electron chi connectivity index (χ2n) is 8.17. The van der Waals surface area contributed by atoms with Gasteiger partial charge < -0.3 is 19.7 Å². The summed E-state index contributed by atoms with van der Waals surface area (Å²) in [5.74, 6) is 2.13. The van der Waals surface area contributed by atoms with E-state index in [0.29, 0.717) is 29.9 Å². The van der Waals surface area contributed by atoms with Crippen LogP contribution in [0.4, 0.5) is 5.69 Å². The molecule has 1 atom stereocenters. The topological polar surface area (TPSA) is 52.0 Å². The molecule has 1 amide bonds. The van der Waals surface area contributed by atoms with Gasteiger partial charge in [0.2, 0.25) is 0 Å². The Morgan fingerprint density at radius 2 is 1.55 bits per heavy atom. The summed E-state index contributed by atoms with van der Waals surface area (Å²) in [7, 11) is 5.28. The van der Waals surface area contributed by atoms with Gasteiger partial charge in [0.15, 0.2) is 18.0 Å². The summed E-state index contributed by atoms with van der Waals surface area (Å²) in [5, 5.41) is 3.19. The lowest BCUT2D eigenvalue weighted by molar-refractivity contribution is -0.885. The lowest BCUT2D eigenvalue weighted by atomic mass is 9.92. The predicted molar refractivity (Wildman–Crippen MR) is 118 cm³/mol. The maximum atomic E-state index is 12.8. The maximum Gasteiger partial charge on any atom is 0.279 e. The summed E-state index contributed by atoms with van der Waals surface area (Å²) < 4.78 is 10.7. The lowest BCUT2D eigenvalue weighted by Gasteiger charge is -2.21. The van der Waals surface area contributed by atoms with Crippen LogP contribution in [0.5, 0.6) is 11.5 Å². The van der Waals surface area contributed by atoms with Gasteiger partial charge in [0.1, 0.15) is 6.54 Å². The van der Waals surface area contributed by atoms with Gasteiger partial charge in [0.05, 0.1) is 21.3 Å². The molecule has 0 aliphatic carbocycles. The molecule has 5 nitrogen and oxygen atoms in total. The average molecular weight is 400 g/mol. The SMILES string of the molecule is COc1ccc(C[NH+](C)CC(=O)Nc2c(C(C)C)cccc2C(C)C)cc1OC. The van der Waals surface area contributed by atoms with Crippen LogP contribution < -0.4 is 19.7 Å². The first-order valence-electron chi connectivity index (χ1n) is 10.2. The Labute approximate surface area is 175 Å². The summed E-state index contributed by atoms with van der Waals surface area (Å²) in [6.45, 7) is 9.73. The molecule has 2 aromatic rings. The largest absolute Gasteiger partial charge is 0.493 e. The van der Waals surface area contributed by atoms with Crippen molar-refractivity contribution < 1.29 is 19.2 Å². The number of rotatable bonds is 9. The van der Waals surface area contributed by atoms with Crippen LogP contribution >= 0.6 is 0 Å². The molecule has 0 radical (unpaired) electrons. The van der Waals surface area contributed by atoms with Crippen molar-refractivity contribution in [2.24, 2.45) is 0 Å². The Morgan fingerprint density at radius 3 is 2.07 bits per heavy atom. The Bertz CT molecular complexity index is 805. The van der Waals surface area contributed by atoms with Crippen LogP contribution in [-0.4, -0.2) is 33.7 Å². The Hall–Kier alpha value is -2.53. The number of quaternary nitrogens is 1. The molecule has 0 fully saturated rings. The predicted octanol–water partition coefficient (Wildman–Crippen LogP) is 3.60. The van der Waals surface area contributed by atoms with E-state index in [9.17, 15) is 4.79 Å². The number of hydrogen-bond acceptors (Lipinski definition) is 3. The van der Waals surface area contributed by atoms with Crippen molar-refractivity contribution in [3.8, 4) is 11.5 Å². The van der Waals surface area contributed by atoms with Crippen molar-refractivity contribution in [3.63, 3.8) is 0 Å². The van der Waals surface area contributed by atoms with Gasteiger partial charge in [-0.1, -0.05) is 45.9 Å². The summed E-state index contributed by atoms with van der Waals surface area (Å²) in [6.07, 6.45) is 0. The molecule has 0 aliphatic rings. The number of para-hydroxylation sites is 1. The fraction of sp³-hybridized carbons (Fsp3) is 0.458. The second-order valence-corrected chi connectivity index (χ2v) is 8.17. The van der Waals surface area contributed by atoms with Gasteiger partial charge in [0.25, 0.3) is 5.91 Å². The zero-order chi connectivity index (χ0) is 21.6. The van der Waals surface area contributed by atoms with Crippen molar-refractivity contribution in [3.05, 3.63) is 53.1 Å². The molecule has 0 spiro atoms. The molecule has 158 valence electrons. The molecular formula is C24H35N2O3+. The first-order chi connectivity index (χ1) is 13.8. The zero-order valence-corrected chi connectivity index (χ0v) is 18.8. The highest BCUT2D eigenvalue weighted by Crippen LogP contribution is 2.32. The van der Waals surface area contributed by atoms with E-state index in [1.807, 2.05) is 25.2 Å². The van der Waals surface area contributed by atoms with Crippen LogP contribution in [0, 0.1) is 0 Å². The number of methoxy groups -OCH3 is 2. The third kappa shape index (κ3) is 5.97. The van der Waals surface area contributed by atoms with E-state index in [1.54, 1.807) is 14.2 Å². The van der Waals surface area contributed by atoms with Crippen molar-refractivity contribution >= 4 is 11.6 Å². The Balaban J connectivity index is 2.10. The normalized spacial score (nSPS) is 12.2. The first kappa shape index (κ1) is 22.8. The van der Waals surface area contributed by atoms with Crippen molar-refractivity contribution in [1.29, 1.82) is 0 Å². The number of hydrogen-bond donors (Lipinski definition) is 2. The van der Waals surface area contributed by atoms with Gasteiger partial charge >= 0.3 is 0 Å². The lowest BCUT2D eigenvalue weighted by Crippen LogP contribution is -3.08. The smallest absolute Gasteiger partial charge is 0.279 e. The zero-order valence-electron chi connectivity index (χ0n) is 18.8. The van der Waals surface area contributed by atoms with Crippen LogP contribution in [0.1, 0.15) is 56.2 Å². The maximum absolute atomic E-state index is 12.8. The molecule has 5 heteroatoms. The van der Waals surface area contributed by atoms with Crippen LogP contribution in [0.25, 0.3) is 0 Å². The molecule has 29 heavy (non-hydrogen) atoms. The monoisotopic (exact) mass is 399 g/mol. The third-order valence-electron chi connectivity index (χ3n) is 5.05. The number of amides is 1. The minimum Gasteiger partial charge on any atom is -0.493 e. The standard InChI is InChI=1S/C24H34N2O3/c1-16(2)19-9-8-10-20(17(3)4)24(19)25-23(27)15-26(5)14-18-11-12-21(28-6)22(13-18)29-7/h8-13,16-17H,14-15H2,1-7H3,(H,25,27)/p+1. The fourth-order valence-corrected chi connectivity index (χ4v) is 3.55. The van der Waals surface area contributed by atoms with E-state index in [4.69, 9.17) is 9.47 Å². The van der Waals surface area contributed by atoms with Gasteiger partial charge in [-0.2, -0.15) is 0 Å². The quantitative estimate of drug-likeness (QED) is 0.677. The molecule has 2 aromatic carbocycles. The Morgan fingerprint density at radius 1 is 0.966 bits per heavy atom. The van der Waals surface area contributed by atoms with E-state index in [1.165, 1.54) is 11.1 Å².